The minimum Gasteiger partial charge on any atom is -0.459 e. The number of aliphatic imine (C=N–C) groups is 1. The number of hydrogen-bond donors (Lipinski definition) is 3. The highest BCUT2D eigenvalue weighted by atomic mass is 16.7. The maximum atomic E-state index is 14.2. The van der Waals surface area contributed by atoms with E-state index in [0.29, 0.717) is 17.8 Å². The van der Waals surface area contributed by atoms with Crippen LogP contribution in [0.15, 0.2) is 40.5 Å². The maximum Gasteiger partial charge on any atom is 0.311 e. The monoisotopic (exact) mass is 773 g/mol. The smallest absolute Gasteiger partial charge is 0.311 e. The Labute approximate surface area is 325 Å². The number of benzene rings is 1. The predicted octanol–water partition coefficient (Wildman–Crippen LogP) is 3.32. The van der Waals surface area contributed by atoms with Gasteiger partial charge >= 0.3 is 5.97 Å². The Balaban J connectivity index is 1.70. The van der Waals surface area contributed by atoms with Crippen LogP contribution in [0.1, 0.15) is 80.2 Å². The number of hydrogen-bond acceptors (Lipinski definition) is 13. The van der Waals surface area contributed by atoms with Gasteiger partial charge in [0, 0.05) is 30.0 Å². The number of ether oxygens (including phenoxy) is 5. The summed E-state index contributed by atoms with van der Waals surface area (Å²) in [7, 11) is 3.77. The molecule has 3 saturated heterocycles. The molecule has 3 fully saturated rings. The molecule has 1 aromatic rings. The molecule has 0 saturated carbocycles. The first-order valence-corrected chi connectivity index (χ1v) is 19.8. The fourth-order valence-electron chi connectivity index (χ4n) is 8.91. The lowest BCUT2D eigenvalue weighted by molar-refractivity contribution is -0.302. The molecule has 1 aromatic carbocycles. The first kappa shape index (κ1) is 43.3. The third kappa shape index (κ3) is 9.50. The normalized spacial score (nSPS) is 43.3. The molecule has 4 aliphatic heterocycles. The van der Waals surface area contributed by atoms with E-state index in [1.165, 1.54) is 0 Å². The van der Waals surface area contributed by atoms with Crippen molar-refractivity contribution in [1.29, 1.82) is 0 Å². The molecule has 0 aromatic heterocycles. The van der Waals surface area contributed by atoms with E-state index in [2.05, 4.69) is 5.16 Å². The Kier molecular flexibility index (Phi) is 14.0. The molecule has 14 heteroatoms. The van der Waals surface area contributed by atoms with E-state index < -0.39 is 89.7 Å². The number of aliphatic hydroxyl groups is 3. The Morgan fingerprint density at radius 2 is 1.67 bits per heavy atom. The van der Waals surface area contributed by atoms with E-state index in [9.17, 15) is 24.9 Å². The van der Waals surface area contributed by atoms with E-state index >= 15 is 0 Å². The lowest BCUT2D eigenvalue weighted by Gasteiger charge is -2.48. The highest BCUT2D eigenvalue weighted by molar-refractivity contribution is 6.00. The Morgan fingerprint density at radius 3 is 2.33 bits per heavy atom. The highest BCUT2D eigenvalue weighted by Gasteiger charge is 2.53. The van der Waals surface area contributed by atoms with E-state index in [4.69, 9.17) is 33.5 Å². The fraction of sp³-hybridized carbons (Fsp3) is 0.756. The number of oxime groups is 1. The van der Waals surface area contributed by atoms with E-state index in [1.54, 1.807) is 27.7 Å². The van der Waals surface area contributed by atoms with Crippen LogP contribution in [0, 0.1) is 23.7 Å². The molecule has 4 aliphatic rings. The summed E-state index contributed by atoms with van der Waals surface area (Å²) >= 11 is 0. The van der Waals surface area contributed by atoms with Crippen LogP contribution in [-0.2, 0) is 44.5 Å². The molecule has 15 atom stereocenters. The average Bonchev–Trinajstić information content (AvgIpc) is 3.17. The second-order valence-electron chi connectivity index (χ2n) is 16.9. The minimum atomic E-state index is -1.78. The average molecular weight is 774 g/mol. The van der Waals surface area contributed by atoms with E-state index in [-0.39, 0.29) is 44.6 Å². The number of amides is 1. The van der Waals surface area contributed by atoms with Crippen LogP contribution in [0.2, 0.25) is 0 Å². The zero-order chi connectivity index (χ0) is 40.4. The van der Waals surface area contributed by atoms with Crippen LogP contribution in [-0.4, -0.2) is 137 Å². The Hall–Kier alpha value is -2.82. The van der Waals surface area contributed by atoms with Crippen LogP contribution in [0.25, 0.3) is 0 Å². The van der Waals surface area contributed by atoms with Crippen molar-refractivity contribution in [1.82, 2.24) is 4.90 Å². The number of esters is 1. The van der Waals surface area contributed by atoms with Gasteiger partial charge in [-0.05, 0) is 72.5 Å². The number of carbonyl (C=O) groups excluding carboxylic acids is 2. The summed E-state index contributed by atoms with van der Waals surface area (Å²) in [6.07, 6.45) is -6.67. The molecular weight excluding hydrogens is 710 g/mol. The van der Waals surface area contributed by atoms with Crippen molar-refractivity contribution < 1.29 is 53.4 Å². The molecule has 0 spiro atoms. The van der Waals surface area contributed by atoms with Gasteiger partial charge in [0.15, 0.2) is 6.29 Å². The van der Waals surface area contributed by atoms with Crippen molar-refractivity contribution in [3.63, 3.8) is 0 Å². The molecule has 4 heterocycles. The number of aliphatic hydroxyl groups excluding tert-OH is 2. The van der Waals surface area contributed by atoms with E-state index in [1.807, 2.05) is 77.0 Å². The number of likely N-dealkylation sites (N-methyl/N-ethyl adjacent to an activating group) is 1. The third-order valence-electron chi connectivity index (χ3n) is 12.1. The molecule has 3 N–H and O–H groups in total. The summed E-state index contributed by atoms with van der Waals surface area (Å²) < 4.78 is 32.5. The largest absolute Gasteiger partial charge is 0.459 e. The maximum absolute atomic E-state index is 14.2. The number of nitrogens with zero attached hydrogens (tertiary/aromatic N) is 3. The molecule has 55 heavy (non-hydrogen) atoms. The lowest BCUT2D eigenvalue weighted by atomic mass is 9.73. The summed E-state index contributed by atoms with van der Waals surface area (Å²) in [4.78, 5) is 40.8. The molecule has 0 aliphatic carbocycles. The van der Waals surface area contributed by atoms with Crippen molar-refractivity contribution in [2.45, 2.75) is 147 Å². The Morgan fingerprint density at radius 1 is 0.982 bits per heavy atom. The topological polar surface area (TPSA) is 178 Å². The van der Waals surface area contributed by atoms with Gasteiger partial charge in [0.1, 0.15) is 23.5 Å². The standard InChI is InChI=1S/C41H63N3O11/c1-11-31-41(8,49)36-24(4)32-22(2)19-40(7,51-21-28(20-50-36)43-55-30(37(47)42-32)18-27-15-13-12-14-16-27)35(25(5)33(45)26(6)38(48)53-31)54-39-34(46)29(44(9)10)17-23(3)52-39/h12-16,22-26,29-31,33-36,39,45-46,49H,11,17-21H2,1-10H3/b42-32?,43-28+/t22-,23-,24-,25+,26-,29+,30+,31-,33+,34-,35-,36+,39+,40-,41-/m1/s1. The van der Waals surface area contributed by atoms with Crippen molar-refractivity contribution in [2.75, 3.05) is 27.3 Å². The SMILES string of the molecule is CC[C@H]1OC(=O)[C@H](C)[C@@H](O)[C@H](C)[C@@H](O[C@@H]2O[C@H](C)C[C@H](N(C)C)[C@H]2O)[C@@]2(C)C[C@@H](C)C3=NC(=O)[C@H](Cc4ccccc4)O/N=C(\CO[C@@H]([C@@H]3C)[C@]1(C)O)CO2. The molecule has 1 amide bonds. The predicted molar refractivity (Wildman–Crippen MR) is 204 cm³/mol. The number of rotatable bonds is 6. The van der Waals surface area contributed by atoms with Gasteiger partial charge in [-0.15, -0.1) is 0 Å². The number of cyclic esters (lactones) is 1. The van der Waals surface area contributed by atoms with Gasteiger partial charge in [0.05, 0.1) is 49.1 Å². The first-order valence-electron chi connectivity index (χ1n) is 19.8. The van der Waals surface area contributed by atoms with Gasteiger partial charge in [-0.1, -0.05) is 63.2 Å². The quantitative estimate of drug-likeness (QED) is 0.360. The molecule has 0 radical (unpaired) electrons. The zero-order valence-electron chi connectivity index (χ0n) is 34.1. The summed E-state index contributed by atoms with van der Waals surface area (Å²) in [6.45, 7) is 13.9. The van der Waals surface area contributed by atoms with Gasteiger partial charge in [0.2, 0.25) is 6.10 Å². The molecule has 14 nitrogen and oxygen atoms in total. The fourth-order valence-corrected chi connectivity index (χ4v) is 8.91. The number of carbonyl (C=O) groups is 2. The molecular formula is C41H63N3O11. The van der Waals surface area contributed by atoms with Crippen LogP contribution in [0.3, 0.4) is 0 Å². The summed E-state index contributed by atoms with van der Waals surface area (Å²) in [6, 6.07) is 9.18. The zero-order valence-corrected chi connectivity index (χ0v) is 34.1. The van der Waals surface area contributed by atoms with Crippen molar-refractivity contribution in [3.05, 3.63) is 35.9 Å². The minimum absolute atomic E-state index is 0.138. The van der Waals surface area contributed by atoms with Gasteiger partial charge in [-0.3, -0.25) is 9.59 Å². The second-order valence-corrected chi connectivity index (χ2v) is 16.9. The van der Waals surface area contributed by atoms with Gasteiger partial charge in [-0.25, -0.2) is 4.99 Å². The second kappa shape index (κ2) is 17.8. The van der Waals surface area contributed by atoms with Gasteiger partial charge < -0.3 is 48.7 Å². The van der Waals surface area contributed by atoms with Crippen LogP contribution < -0.4 is 0 Å². The Bertz CT molecular complexity index is 1540. The summed E-state index contributed by atoms with van der Waals surface area (Å²) in [5.74, 6) is -4.29. The van der Waals surface area contributed by atoms with Crippen LogP contribution in [0.5, 0.6) is 0 Å². The van der Waals surface area contributed by atoms with Crippen molar-refractivity contribution in [3.8, 4) is 0 Å². The summed E-state index contributed by atoms with van der Waals surface area (Å²) in [5, 5.41) is 40.4. The van der Waals surface area contributed by atoms with Crippen molar-refractivity contribution >= 4 is 23.3 Å². The first-order chi connectivity index (χ1) is 25.9. The van der Waals surface area contributed by atoms with Gasteiger partial charge in [0.25, 0.3) is 5.91 Å². The van der Waals surface area contributed by atoms with Crippen LogP contribution in [0.4, 0.5) is 0 Å². The van der Waals surface area contributed by atoms with E-state index in [0.717, 1.165) is 5.56 Å². The molecule has 308 valence electrons. The molecule has 0 unspecified atom stereocenters. The molecule has 4 bridgehead atoms. The lowest BCUT2D eigenvalue weighted by Crippen LogP contribution is -2.60. The van der Waals surface area contributed by atoms with Gasteiger partial charge in [-0.2, -0.15) is 0 Å². The number of fused-ring (bicyclic) bond motifs is 4. The van der Waals surface area contributed by atoms with Crippen molar-refractivity contribution in [2.24, 2.45) is 33.8 Å². The third-order valence-corrected chi connectivity index (χ3v) is 12.1. The molecule has 5 rings (SSSR count). The highest BCUT2D eigenvalue weighted by Crippen LogP contribution is 2.41. The van der Waals surface area contributed by atoms with Crippen LogP contribution >= 0.6 is 0 Å². The summed E-state index contributed by atoms with van der Waals surface area (Å²) in [5.41, 5.74) is -1.49.